The highest BCUT2D eigenvalue weighted by Crippen LogP contribution is 2.14. The number of nitrogens with two attached hydrogens (primary N) is 1. The van der Waals surface area contributed by atoms with Crippen molar-refractivity contribution < 1.29 is 9.18 Å². The van der Waals surface area contributed by atoms with Crippen LogP contribution in [0.3, 0.4) is 0 Å². The minimum atomic E-state index is -0.302. The molecule has 0 bridgehead atoms. The summed E-state index contributed by atoms with van der Waals surface area (Å²) >= 11 is 0. The lowest BCUT2D eigenvalue weighted by molar-refractivity contribution is -0.125. The van der Waals surface area contributed by atoms with Crippen LogP contribution in [0.25, 0.3) is 0 Å². The van der Waals surface area contributed by atoms with E-state index in [9.17, 15) is 9.18 Å². The number of carbonyl (C=O) groups excluding carboxylic acids is 1. The lowest BCUT2D eigenvalue weighted by atomic mass is 10.0. The van der Waals surface area contributed by atoms with E-state index in [1.165, 1.54) is 12.1 Å². The van der Waals surface area contributed by atoms with Gasteiger partial charge in [0.25, 0.3) is 0 Å². The van der Waals surface area contributed by atoms with E-state index in [1.807, 2.05) is 6.92 Å². The third-order valence-electron chi connectivity index (χ3n) is 2.91. The van der Waals surface area contributed by atoms with E-state index in [0.29, 0.717) is 0 Å². The minimum absolute atomic E-state index is 0.114. The number of halogens is 1. The summed E-state index contributed by atoms with van der Waals surface area (Å²) in [5.41, 5.74) is 6.40. The lowest BCUT2D eigenvalue weighted by Crippen LogP contribution is -2.39. The zero-order valence-electron chi connectivity index (χ0n) is 10.4. The van der Waals surface area contributed by atoms with E-state index in [4.69, 9.17) is 5.73 Å². The summed E-state index contributed by atoms with van der Waals surface area (Å²) < 4.78 is 13.0. The second-order valence-electron chi connectivity index (χ2n) is 4.43. The molecule has 0 radical (unpaired) electrons. The SMILES string of the molecule is CC(N)C(C)C(=O)N[C@@H](C)c1cccc(F)c1. The van der Waals surface area contributed by atoms with Gasteiger partial charge in [-0.1, -0.05) is 19.1 Å². The van der Waals surface area contributed by atoms with Gasteiger partial charge in [-0.2, -0.15) is 0 Å². The minimum Gasteiger partial charge on any atom is -0.349 e. The Balaban J connectivity index is 2.66. The Kier molecular flexibility index (Phi) is 4.63. The molecule has 0 aliphatic rings. The van der Waals surface area contributed by atoms with Crippen molar-refractivity contribution in [3.63, 3.8) is 0 Å². The van der Waals surface area contributed by atoms with E-state index >= 15 is 0 Å². The molecule has 0 saturated carbocycles. The molecule has 4 heteroatoms. The molecule has 3 atom stereocenters. The van der Waals surface area contributed by atoms with Gasteiger partial charge in [0.15, 0.2) is 0 Å². The van der Waals surface area contributed by atoms with Crippen LogP contribution in [-0.4, -0.2) is 11.9 Å². The van der Waals surface area contributed by atoms with E-state index < -0.39 is 0 Å². The molecule has 0 heterocycles. The standard InChI is InChI=1S/C13H19FN2O/c1-8(9(2)15)13(17)16-10(3)11-5-4-6-12(14)7-11/h4-10H,15H2,1-3H3,(H,16,17)/t8?,9?,10-/m0/s1. The summed E-state index contributed by atoms with van der Waals surface area (Å²) in [6.07, 6.45) is 0. The van der Waals surface area contributed by atoms with Gasteiger partial charge in [0, 0.05) is 12.0 Å². The van der Waals surface area contributed by atoms with Gasteiger partial charge in [0.1, 0.15) is 5.82 Å². The Labute approximate surface area is 101 Å². The number of amides is 1. The smallest absolute Gasteiger partial charge is 0.224 e. The van der Waals surface area contributed by atoms with Crippen LogP contribution in [0.4, 0.5) is 4.39 Å². The topological polar surface area (TPSA) is 55.1 Å². The number of nitrogens with one attached hydrogen (secondary N) is 1. The van der Waals surface area contributed by atoms with Gasteiger partial charge in [-0.05, 0) is 31.5 Å². The zero-order chi connectivity index (χ0) is 13.0. The molecular weight excluding hydrogens is 219 g/mol. The van der Waals surface area contributed by atoms with Crippen LogP contribution in [0.5, 0.6) is 0 Å². The Hall–Kier alpha value is -1.42. The summed E-state index contributed by atoms with van der Waals surface area (Å²) in [5, 5.41) is 2.82. The first kappa shape index (κ1) is 13.6. The third-order valence-corrected chi connectivity index (χ3v) is 2.91. The molecule has 17 heavy (non-hydrogen) atoms. The Morgan fingerprint density at radius 3 is 2.53 bits per heavy atom. The Morgan fingerprint density at radius 2 is 2.00 bits per heavy atom. The quantitative estimate of drug-likeness (QED) is 0.842. The summed E-state index contributed by atoms with van der Waals surface area (Å²) in [5.74, 6) is -0.674. The number of hydrogen-bond donors (Lipinski definition) is 2. The molecule has 1 aromatic rings. The van der Waals surface area contributed by atoms with Crippen LogP contribution in [0.2, 0.25) is 0 Å². The van der Waals surface area contributed by atoms with Gasteiger partial charge in [-0.15, -0.1) is 0 Å². The van der Waals surface area contributed by atoms with Crippen LogP contribution in [0.15, 0.2) is 24.3 Å². The van der Waals surface area contributed by atoms with Gasteiger partial charge in [-0.3, -0.25) is 4.79 Å². The van der Waals surface area contributed by atoms with Crippen molar-refractivity contribution >= 4 is 5.91 Å². The van der Waals surface area contributed by atoms with Gasteiger partial charge in [0.05, 0.1) is 6.04 Å². The van der Waals surface area contributed by atoms with Crippen molar-refractivity contribution in [2.24, 2.45) is 11.7 Å². The molecule has 0 spiro atoms. The van der Waals surface area contributed by atoms with E-state index in [1.54, 1.807) is 26.0 Å². The monoisotopic (exact) mass is 238 g/mol. The average molecular weight is 238 g/mol. The number of benzene rings is 1. The van der Waals surface area contributed by atoms with Crippen LogP contribution in [0, 0.1) is 11.7 Å². The maximum absolute atomic E-state index is 13.0. The van der Waals surface area contributed by atoms with Gasteiger partial charge in [0.2, 0.25) is 5.91 Å². The van der Waals surface area contributed by atoms with Crippen molar-refractivity contribution in [2.75, 3.05) is 0 Å². The maximum atomic E-state index is 13.0. The van der Waals surface area contributed by atoms with Crippen molar-refractivity contribution in [1.29, 1.82) is 0 Å². The second kappa shape index (κ2) is 5.77. The summed E-state index contributed by atoms with van der Waals surface area (Å²) in [7, 11) is 0. The highest BCUT2D eigenvalue weighted by molar-refractivity contribution is 5.79. The van der Waals surface area contributed by atoms with E-state index in [0.717, 1.165) is 5.56 Å². The molecule has 3 N–H and O–H groups in total. The predicted molar refractivity (Wildman–Crippen MR) is 65.8 cm³/mol. The molecule has 1 rings (SSSR count). The first-order chi connectivity index (χ1) is 7.91. The predicted octanol–water partition coefficient (Wildman–Crippen LogP) is 1.99. The molecule has 94 valence electrons. The molecule has 0 aliphatic carbocycles. The van der Waals surface area contributed by atoms with Crippen molar-refractivity contribution in [3.8, 4) is 0 Å². The molecule has 0 aliphatic heterocycles. The summed E-state index contributed by atoms with van der Waals surface area (Å²) in [6.45, 7) is 5.38. The van der Waals surface area contributed by atoms with Crippen LogP contribution >= 0.6 is 0 Å². The molecule has 0 aromatic heterocycles. The largest absolute Gasteiger partial charge is 0.349 e. The maximum Gasteiger partial charge on any atom is 0.224 e. The normalized spacial score (nSPS) is 16.1. The van der Waals surface area contributed by atoms with Crippen molar-refractivity contribution in [3.05, 3.63) is 35.6 Å². The highest BCUT2D eigenvalue weighted by atomic mass is 19.1. The number of rotatable bonds is 4. The molecule has 0 fully saturated rings. The molecule has 2 unspecified atom stereocenters. The second-order valence-corrected chi connectivity index (χ2v) is 4.43. The van der Waals surface area contributed by atoms with Crippen LogP contribution < -0.4 is 11.1 Å². The van der Waals surface area contributed by atoms with Gasteiger partial charge in [-0.25, -0.2) is 4.39 Å². The van der Waals surface area contributed by atoms with E-state index in [-0.39, 0.29) is 29.7 Å². The highest BCUT2D eigenvalue weighted by Gasteiger charge is 2.19. The van der Waals surface area contributed by atoms with Crippen molar-refractivity contribution in [1.82, 2.24) is 5.32 Å². The van der Waals surface area contributed by atoms with Crippen LogP contribution in [0.1, 0.15) is 32.4 Å². The third kappa shape index (κ3) is 3.82. The molecule has 1 aromatic carbocycles. The summed E-state index contributed by atoms with van der Waals surface area (Å²) in [4.78, 5) is 11.8. The first-order valence-electron chi connectivity index (χ1n) is 5.73. The van der Waals surface area contributed by atoms with Crippen LogP contribution in [-0.2, 0) is 4.79 Å². The Morgan fingerprint density at radius 1 is 1.35 bits per heavy atom. The molecule has 1 amide bonds. The lowest BCUT2D eigenvalue weighted by Gasteiger charge is -2.20. The fourth-order valence-corrected chi connectivity index (χ4v) is 1.44. The first-order valence-corrected chi connectivity index (χ1v) is 5.73. The summed E-state index contributed by atoms with van der Waals surface area (Å²) in [6, 6.07) is 5.78. The fourth-order valence-electron chi connectivity index (χ4n) is 1.44. The molecule has 3 nitrogen and oxygen atoms in total. The number of carbonyl (C=O) groups is 1. The number of hydrogen-bond acceptors (Lipinski definition) is 2. The fraction of sp³-hybridized carbons (Fsp3) is 0.462. The molecule has 0 saturated heterocycles. The Bertz CT molecular complexity index is 393. The van der Waals surface area contributed by atoms with E-state index in [2.05, 4.69) is 5.32 Å². The van der Waals surface area contributed by atoms with Gasteiger partial charge >= 0.3 is 0 Å². The molecular formula is C13H19FN2O. The van der Waals surface area contributed by atoms with Crippen molar-refractivity contribution in [2.45, 2.75) is 32.9 Å². The zero-order valence-corrected chi connectivity index (χ0v) is 10.4. The average Bonchev–Trinajstić information content (AvgIpc) is 2.27. The van der Waals surface area contributed by atoms with Gasteiger partial charge < -0.3 is 11.1 Å².